The topological polar surface area (TPSA) is 41.6 Å². The molecule has 0 aromatic heterocycles. The summed E-state index contributed by atoms with van der Waals surface area (Å²) in [5, 5.41) is 3.20. The molecule has 0 spiro atoms. The minimum Gasteiger partial charge on any atom is -0.381 e. The molecule has 1 N–H and O–H groups in total. The van der Waals surface area contributed by atoms with E-state index in [9.17, 15) is 4.79 Å². The second kappa shape index (κ2) is 7.93. The maximum atomic E-state index is 12.3. The van der Waals surface area contributed by atoms with Crippen molar-refractivity contribution in [1.29, 1.82) is 0 Å². The number of amides is 1. The van der Waals surface area contributed by atoms with Crippen molar-refractivity contribution in [3.8, 4) is 0 Å². The lowest BCUT2D eigenvalue weighted by Crippen LogP contribution is -2.47. The Labute approximate surface area is 139 Å². The van der Waals surface area contributed by atoms with Gasteiger partial charge in [0.1, 0.15) is 0 Å². The molecule has 2 saturated heterocycles. The molecule has 0 radical (unpaired) electrons. The number of carbonyl (C=O) groups is 1. The molecule has 1 aromatic carbocycles. The minimum absolute atomic E-state index is 0.0249. The zero-order chi connectivity index (χ0) is 16.0. The first kappa shape index (κ1) is 16.5. The summed E-state index contributed by atoms with van der Waals surface area (Å²) in [6.07, 6.45) is 5.69. The van der Waals surface area contributed by atoms with Crippen LogP contribution < -0.4 is 5.32 Å². The van der Waals surface area contributed by atoms with Crippen LogP contribution in [0.1, 0.15) is 37.7 Å². The average Bonchev–Trinajstić information content (AvgIpc) is 2.62. The molecule has 2 aliphatic heterocycles. The van der Waals surface area contributed by atoms with Crippen molar-refractivity contribution in [3.63, 3.8) is 0 Å². The second-order valence-corrected chi connectivity index (χ2v) is 6.87. The van der Waals surface area contributed by atoms with E-state index in [4.69, 9.17) is 4.74 Å². The van der Waals surface area contributed by atoms with Gasteiger partial charge >= 0.3 is 0 Å². The highest BCUT2D eigenvalue weighted by molar-refractivity contribution is 5.78. The second-order valence-electron chi connectivity index (χ2n) is 6.87. The number of ether oxygens (including phenoxy) is 1. The van der Waals surface area contributed by atoms with Gasteiger partial charge in [-0.15, -0.1) is 0 Å². The molecule has 23 heavy (non-hydrogen) atoms. The minimum atomic E-state index is 0.0249. The van der Waals surface area contributed by atoms with E-state index in [0.717, 1.165) is 39.1 Å². The molecule has 4 nitrogen and oxygen atoms in total. The van der Waals surface area contributed by atoms with Crippen molar-refractivity contribution >= 4 is 5.91 Å². The molecule has 2 fully saturated rings. The predicted molar refractivity (Wildman–Crippen MR) is 91.5 cm³/mol. The zero-order valence-electron chi connectivity index (χ0n) is 13.9. The Hall–Kier alpha value is -1.39. The summed E-state index contributed by atoms with van der Waals surface area (Å²) < 4.78 is 5.55. The average molecular weight is 316 g/mol. The first-order chi connectivity index (χ1) is 11.3. The van der Waals surface area contributed by atoms with E-state index in [1.165, 1.54) is 24.8 Å². The summed E-state index contributed by atoms with van der Waals surface area (Å²) >= 11 is 0. The molecule has 1 amide bonds. The Bertz CT molecular complexity index is 491. The normalized spacial score (nSPS) is 21.7. The maximum absolute atomic E-state index is 12.3. The highest BCUT2D eigenvalue weighted by Crippen LogP contribution is 2.34. The number of hydrogen-bond donors (Lipinski definition) is 1. The van der Waals surface area contributed by atoms with Gasteiger partial charge in [-0.25, -0.2) is 0 Å². The van der Waals surface area contributed by atoms with Gasteiger partial charge in [0.25, 0.3) is 0 Å². The summed E-state index contributed by atoms with van der Waals surface area (Å²) in [5.74, 6) is 0.161. The van der Waals surface area contributed by atoms with Gasteiger partial charge in [-0.1, -0.05) is 36.8 Å². The van der Waals surface area contributed by atoms with Crippen LogP contribution in [0.5, 0.6) is 0 Å². The van der Waals surface area contributed by atoms with Crippen LogP contribution in [0, 0.1) is 0 Å². The van der Waals surface area contributed by atoms with Gasteiger partial charge in [0, 0.05) is 25.2 Å². The van der Waals surface area contributed by atoms with Crippen LogP contribution in [0.2, 0.25) is 0 Å². The lowest BCUT2D eigenvalue weighted by Gasteiger charge is -2.38. The first-order valence-corrected chi connectivity index (χ1v) is 8.91. The van der Waals surface area contributed by atoms with Gasteiger partial charge in [0.2, 0.25) is 5.91 Å². The fourth-order valence-corrected chi connectivity index (χ4v) is 3.77. The van der Waals surface area contributed by atoms with Crippen molar-refractivity contribution in [2.45, 2.75) is 37.5 Å². The van der Waals surface area contributed by atoms with Crippen molar-refractivity contribution in [3.05, 3.63) is 35.9 Å². The number of rotatable bonds is 5. The molecule has 1 aromatic rings. The van der Waals surface area contributed by atoms with Gasteiger partial charge < -0.3 is 10.1 Å². The van der Waals surface area contributed by atoms with Crippen molar-refractivity contribution in [2.24, 2.45) is 0 Å². The Morgan fingerprint density at radius 2 is 1.78 bits per heavy atom. The number of benzene rings is 1. The summed E-state index contributed by atoms with van der Waals surface area (Å²) in [6.45, 7) is 4.93. The summed E-state index contributed by atoms with van der Waals surface area (Å²) in [7, 11) is 0. The third-order valence-electron chi connectivity index (χ3n) is 5.28. The van der Waals surface area contributed by atoms with E-state index in [1.54, 1.807) is 0 Å². The summed E-state index contributed by atoms with van der Waals surface area (Å²) in [4.78, 5) is 14.6. The number of likely N-dealkylation sites (tertiary alicyclic amines) is 1. The Kier molecular flexibility index (Phi) is 5.68. The van der Waals surface area contributed by atoms with Crippen molar-refractivity contribution < 1.29 is 9.53 Å². The Morgan fingerprint density at radius 1 is 1.09 bits per heavy atom. The third kappa shape index (κ3) is 4.33. The first-order valence-electron chi connectivity index (χ1n) is 8.91. The van der Waals surface area contributed by atoms with Gasteiger partial charge in [-0.2, -0.15) is 0 Å². The molecule has 0 unspecified atom stereocenters. The van der Waals surface area contributed by atoms with E-state index in [0.29, 0.717) is 13.1 Å². The molecule has 0 atom stereocenters. The van der Waals surface area contributed by atoms with Gasteiger partial charge in [-0.3, -0.25) is 9.69 Å². The molecule has 0 aliphatic carbocycles. The zero-order valence-corrected chi connectivity index (χ0v) is 13.9. The van der Waals surface area contributed by atoms with E-state index in [1.807, 2.05) is 6.07 Å². The largest absolute Gasteiger partial charge is 0.381 e. The molecule has 4 heteroatoms. The fourth-order valence-electron chi connectivity index (χ4n) is 3.77. The quantitative estimate of drug-likeness (QED) is 0.906. The predicted octanol–water partition coefficient (Wildman–Crippen LogP) is 2.34. The van der Waals surface area contributed by atoms with E-state index in [-0.39, 0.29) is 11.3 Å². The standard InChI is InChI=1S/C19H28N2O2/c22-18(15-21-11-5-2-6-12-21)20-16-19(9-13-23-14-10-19)17-7-3-1-4-8-17/h1,3-4,7-8H,2,5-6,9-16H2,(H,20,22). The van der Waals surface area contributed by atoms with Gasteiger partial charge in [0.05, 0.1) is 6.54 Å². The monoisotopic (exact) mass is 316 g/mol. The molecular weight excluding hydrogens is 288 g/mol. The van der Waals surface area contributed by atoms with Gasteiger partial charge in [0.15, 0.2) is 0 Å². The van der Waals surface area contributed by atoms with Crippen molar-refractivity contribution in [1.82, 2.24) is 10.2 Å². The Balaban J connectivity index is 1.59. The van der Waals surface area contributed by atoms with E-state index < -0.39 is 0 Å². The van der Waals surface area contributed by atoms with E-state index >= 15 is 0 Å². The van der Waals surface area contributed by atoms with Crippen LogP contribution in [0.25, 0.3) is 0 Å². The molecule has 126 valence electrons. The number of hydrogen-bond acceptors (Lipinski definition) is 3. The van der Waals surface area contributed by atoms with Crippen LogP contribution >= 0.6 is 0 Å². The maximum Gasteiger partial charge on any atom is 0.234 e. The lowest BCUT2D eigenvalue weighted by atomic mass is 9.74. The van der Waals surface area contributed by atoms with Crippen LogP contribution in [-0.4, -0.2) is 50.2 Å². The van der Waals surface area contributed by atoms with Crippen molar-refractivity contribution in [2.75, 3.05) is 39.4 Å². The smallest absolute Gasteiger partial charge is 0.234 e. The molecule has 3 rings (SSSR count). The molecule has 2 heterocycles. The SMILES string of the molecule is O=C(CN1CCCCC1)NCC1(c2ccccc2)CCOCC1. The number of carbonyl (C=O) groups excluding carboxylic acids is 1. The Morgan fingerprint density at radius 3 is 2.48 bits per heavy atom. The van der Waals surface area contributed by atoms with Crippen LogP contribution in [0.4, 0.5) is 0 Å². The van der Waals surface area contributed by atoms with Crippen LogP contribution in [-0.2, 0) is 14.9 Å². The highest BCUT2D eigenvalue weighted by Gasteiger charge is 2.34. The molecule has 2 aliphatic rings. The molecular formula is C19H28N2O2. The fraction of sp³-hybridized carbons (Fsp3) is 0.632. The number of nitrogens with one attached hydrogen (secondary N) is 1. The number of nitrogens with zero attached hydrogens (tertiary/aromatic N) is 1. The highest BCUT2D eigenvalue weighted by atomic mass is 16.5. The molecule has 0 saturated carbocycles. The van der Waals surface area contributed by atoms with E-state index in [2.05, 4.69) is 34.5 Å². The summed E-state index contributed by atoms with van der Waals surface area (Å²) in [6, 6.07) is 10.6. The number of piperidine rings is 1. The summed E-state index contributed by atoms with van der Waals surface area (Å²) in [5.41, 5.74) is 1.35. The van der Waals surface area contributed by atoms with Crippen LogP contribution in [0.15, 0.2) is 30.3 Å². The van der Waals surface area contributed by atoms with Gasteiger partial charge in [-0.05, 0) is 44.3 Å². The molecule has 0 bridgehead atoms. The van der Waals surface area contributed by atoms with Crippen LogP contribution in [0.3, 0.4) is 0 Å². The third-order valence-corrected chi connectivity index (χ3v) is 5.28. The lowest BCUT2D eigenvalue weighted by molar-refractivity contribution is -0.123.